The van der Waals surface area contributed by atoms with E-state index in [0.717, 1.165) is 22.3 Å². The minimum atomic E-state index is -3.48. The molecule has 186 valence electrons. The Morgan fingerprint density at radius 3 is 2.22 bits per heavy atom. The van der Waals surface area contributed by atoms with Crippen LogP contribution >= 0.6 is 0 Å². The first-order valence-corrected chi connectivity index (χ1v) is 13.2. The van der Waals surface area contributed by atoms with Crippen LogP contribution in [0.2, 0.25) is 0 Å². The number of nitrogens with one attached hydrogen (secondary N) is 2. The Bertz CT molecular complexity index is 1340. The van der Waals surface area contributed by atoms with Crippen LogP contribution in [0.25, 0.3) is 17.7 Å². The zero-order valence-corrected chi connectivity index (χ0v) is 21.2. The van der Waals surface area contributed by atoms with Gasteiger partial charge in [-0.05, 0) is 47.9 Å². The van der Waals surface area contributed by atoms with E-state index in [-0.39, 0.29) is 4.90 Å². The molecule has 1 aliphatic rings. The number of hydrogen-bond donors (Lipinski definition) is 2. The minimum absolute atomic E-state index is 0.282. The van der Waals surface area contributed by atoms with Gasteiger partial charge in [-0.3, -0.25) is 4.99 Å². The molecule has 1 fully saturated rings. The summed E-state index contributed by atoms with van der Waals surface area (Å²) in [7, 11) is -1.71. The quantitative estimate of drug-likeness (QED) is 0.450. The fourth-order valence-corrected chi connectivity index (χ4v) is 5.24. The largest absolute Gasteiger partial charge is 0.324 e. The van der Waals surface area contributed by atoms with Gasteiger partial charge in [-0.2, -0.15) is 4.31 Å². The summed E-state index contributed by atoms with van der Waals surface area (Å²) in [6.07, 6.45) is 11.3. The number of nitrogens with zero attached hydrogens (tertiary/aromatic N) is 4. The van der Waals surface area contributed by atoms with Gasteiger partial charge in [0.15, 0.2) is 0 Å². The molecule has 1 saturated heterocycles. The number of allylic oxidation sites excluding steroid dienone is 2. The van der Waals surface area contributed by atoms with Crippen molar-refractivity contribution < 1.29 is 8.42 Å². The highest BCUT2D eigenvalue weighted by Gasteiger charge is 2.25. The normalized spacial score (nSPS) is 15.6. The molecule has 0 radical (unpaired) electrons. The van der Waals surface area contributed by atoms with Crippen molar-refractivity contribution in [1.82, 2.24) is 19.6 Å². The maximum Gasteiger partial charge on any atom is 0.243 e. The van der Waals surface area contributed by atoms with Gasteiger partial charge in [0.2, 0.25) is 16.0 Å². The van der Waals surface area contributed by atoms with E-state index in [1.807, 2.05) is 31.4 Å². The van der Waals surface area contributed by atoms with Crippen molar-refractivity contribution in [2.45, 2.75) is 11.8 Å². The SMILES string of the molecule is C/C=C(\C=NC)c1ccc(C=Cc2cnc(Nc3ccc(S(=O)(=O)N4CCNCC4)cc3)nc2)cc1. The molecule has 2 N–H and O–H groups in total. The predicted molar refractivity (Wildman–Crippen MR) is 147 cm³/mol. The van der Waals surface area contributed by atoms with Crippen LogP contribution in [0.4, 0.5) is 11.6 Å². The Morgan fingerprint density at radius 2 is 1.61 bits per heavy atom. The molecular formula is C27H30N6O2S. The second-order valence-corrected chi connectivity index (χ2v) is 10.2. The molecule has 9 heteroatoms. The van der Waals surface area contributed by atoms with Gasteiger partial charge in [0.1, 0.15) is 0 Å². The molecule has 0 unspecified atom stereocenters. The van der Waals surface area contributed by atoms with Gasteiger partial charge in [0.25, 0.3) is 0 Å². The first kappa shape index (κ1) is 25.4. The van der Waals surface area contributed by atoms with Crippen LogP contribution < -0.4 is 10.6 Å². The number of rotatable bonds is 8. The summed E-state index contributed by atoms with van der Waals surface area (Å²) < 4.78 is 27.1. The predicted octanol–water partition coefficient (Wildman–Crippen LogP) is 4.09. The van der Waals surface area contributed by atoms with Crippen molar-refractivity contribution in [2.75, 3.05) is 38.5 Å². The van der Waals surface area contributed by atoms with E-state index in [4.69, 9.17) is 0 Å². The van der Waals surface area contributed by atoms with Crippen molar-refractivity contribution in [1.29, 1.82) is 0 Å². The molecule has 36 heavy (non-hydrogen) atoms. The fourth-order valence-electron chi connectivity index (χ4n) is 3.80. The molecule has 0 spiro atoms. The summed E-state index contributed by atoms with van der Waals surface area (Å²) in [5.74, 6) is 0.436. The molecule has 1 aromatic heterocycles. The second-order valence-electron chi connectivity index (χ2n) is 8.23. The molecule has 0 atom stereocenters. The molecule has 1 aliphatic heterocycles. The number of hydrogen-bond acceptors (Lipinski definition) is 7. The maximum absolute atomic E-state index is 12.8. The zero-order chi connectivity index (χ0) is 25.4. The molecule has 0 aliphatic carbocycles. The van der Waals surface area contributed by atoms with Crippen molar-refractivity contribution in [3.8, 4) is 0 Å². The van der Waals surface area contributed by atoms with Crippen LogP contribution in [-0.2, 0) is 10.0 Å². The average molecular weight is 503 g/mol. The monoisotopic (exact) mass is 502 g/mol. The number of sulfonamides is 1. The number of benzene rings is 2. The Labute approximate surface area is 212 Å². The van der Waals surface area contributed by atoms with Crippen LogP contribution in [-0.4, -0.2) is 62.1 Å². The molecule has 3 aromatic rings. The topological polar surface area (TPSA) is 99.6 Å². The lowest BCUT2D eigenvalue weighted by Crippen LogP contribution is -2.46. The van der Waals surface area contributed by atoms with Crippen molar-refractivity contribution in [2.24, 2.45) is 4.99 Å². The number of piperazine rings is 1. The first-order valence-electron chi connectivity index (χ1n) is 11.8. The fraction of sp³-hybridized carbons (Fsp3) is 0.222. The maximum atomic E-state index is 12.8. The van der Waals surface area contributed by atoms with E-state index >= 15 is 0 Å². The molecule has 2 aromatic carbocycles. The van der Waals surface area contributed by atoms with Crippen LogP contribution in [0.1, 0.15) is 23.6 Å². The summed E-state index contributed by atoms with van der Waals surface area (Å²) in [4.78, 5) is 13.1. The van der Waals surface area contributed by atoms with Gasteiger partial charge >= 0.3 is 0 Å². The standard InChI is InChI=1S/C27H30N6O2S/c1-3-23(20-28-2)24-8-6-21(7-9-24)4-5-22-18-30-27(31-19-22)32-25-10-12-26(13-11-25)36(34,35)33-16-14-29-15-17-33/h3-13,18-20,29H,14-17H2,1-2H3,(H,30,31,32)/b5-4?,23-3+,28-20?. The lowest BCUT2D eigenvalue weighted by Gasteiger charge is -2.26. The third-order valence-corrected chi connectivity index (χ3v) is 7.70. The number of aliphatic imine (C=N–C) groups is 1. The first-order chi connectivity index (χ1) is 17.5. The molecule has 0 amide bonds. The van der Waals surface area contributed by atoms with Gasteiger partial charge in [0.05, 0.1) is 4.90 Å². The minimum Gasteiger partial charge on any atom is -0.324 e. The molecule has 4 rings (SSSR count). The van der Waals surface area contributed by atoms with Crippen LogP contribution in [0.3, 0.4) is 0 Å². The Balaban J connectivity index is 1.37. The summed E-state index contributed by atoms with van der Waals surface area (Å²) in [5.41, 5.74) is 4.86. The van der Waals surface area contributed by atoms with Gasteiger partial charge in [-0.15, -0.1) is 0 Å². The van der Waals surface area contributed by atoms with E-state index < -0.39 is 10.0 Å². The highest BCUT2D eigenvalue weighted by atomic mass is 32.2. The van der Waals surface area contributed by atoms with Crippen molar-refractivity contribution in [3.63, 3.8) is 0 Å². The van der Waals surface area contributed by atoms with E-state index in [1.54, 1.807) is 43.7 Å². The van der Waals surface area contributed by atoms with E-state index in [1.165, 1.54) is 4.31 Å². The smallest absolute Gasteiger partial charge is 0.243 e. The van der Waals surface area contributed by atoms with E-state index in [9.17, 15) is 8.42 Å². The summed E-state index contributed by atoms with van der Waals surface area (Å²) in [6.45, 7) is 4.29. The average Bonchev–Trinajstić information content (AvgIpc) is 2.92. The summed E-state index contributed by atoms with van der Waals surface area (Å²) in [5, 5.41) is 6.28. The molecule has 0 saturated carbocycles. The molecule has 8 nitrogen and oxygen atoms in total. The highest BCUT2D eigenvalue weighted by molar-refractivity contribution is 7.89. The Kier molecular flexibility index (Phi) is 8.37. The van der Waals surface area contributed by atoms with Crippen LogP contribution in [0.15, 0.2) is 76.9 Å². The number of aromatic nitrogens is 2. The highest BCUT2D eigenvalue weighted by Crippen LogP contribution is 2.21. The summed E-state index contributed by atoms with van der Waals surface area (Å²) >= 11 is 0. The zero-order valence-electron chi connectivity index (χ0n) is 20.4. The van der Waals surface area contributed by atoms with E-state index in [2.05, 4.69) is 49.9 Å². The Morgan fingerprint density at radius 1 is 0.972 bits per heavy atom. The van der Waals surface area contributed by atoms with Gasteiger partial charge in [0, 0.05) is 63.1 Å². The molecule has 0 bridgehead atoms. The van der Waals surface area contributed by atoms with Gasteiger partial charge in [-0.25, -0.2) is 18.4 Å². The lowest BCUT2D eigenvalue weighted by atomic mass is 10.0. The third-order valence-electron chi connectivity index (χ3n) is 5.79. The number of anilines is 2. The Hall–Kier alpha value is -3.66. The van der Waals surface area contributed by atoms with Crippen LogP contribution in [0.5, 0.6) is 0 Å². The van der Waals surface area contributed by atoms with Crippen molar-refractivity contribution >= 4 is 45.6 Å². The second kappa shape index (κ2) is 11.9. The van der Waals surface area contributed by atoms with Crippen LogP contribution in [0, 0.1) is 0 Å². The lowest BCUT2D eigenvalue weighted by molar-refractivity contribution is 0.360. The molecule has 2 heterocycles. The third kappa shape index (κ3) is 6.31. The van der Waals surface area contributed by atoms with Crippen molar-refractivity contribution in [3.05, 3.63) is 83.7 Å². The van der Waals surface area contributed by atoms with Gasteiger partial charge in [-0.1, -0.05) is 42.5 Å². The summed E-state index contributed by atoms with van der Waals surface area (Å²) in [6, 6.07) is 14.9. The van der Waals surface area contributed by atoms with Gasteiger partial charge < -0.3 is 10.6 Å². The molecular weight excluding hydrogens is 472 g/mol. The van der Waals surface area contributed by atoms with E-state index in [0.29, 0.717) is 37.8 Å².